The number of anilines is 1. The van der Waals surface area contributed by atoms with Crippen LogP contribution in [0, 0.1) is 0 Å². The summed E-state index contributed by atoms with van der Waals surface area (Å²) in [4.78, 5) is 20.6. The van der Waals surface area contributed by atoms with E-state index >= 15 is 0 Å². The zero-order chi connectivity index (χ0) is 17.8. The number of halogens is 1. The molecule has 0 saturated carbocycles. The number of ether oxygens (including phenoxy) is 2. The van der Waals surface area contributed by atoms with E-state index < -0.39 is 0 Å². The molecule has 0 saturated heterocycles. The number of methoxy groups -OCH3 is 2. The van der Waals surface area contributed by atoms with Gasteiger partial charge in [0.1, 0.15) is 5.15 Å². The number of aliphatic imine (C=N–C) groups is 1. The maximum atomic E-state index is 12.2. The lowest BCUT2D eigenvalue weighted by Gasteiger charge is -2.10. The molecule has 1 aromatic carbocycles. The lowest BCUT2D eigenvalue weighted by molar-refractivity contribution is -0.113. The molecule has 130 valence electrons. The van der Waals surface area contributed by atoms with E-state index in [0.29, 0.717) is 28.8 Å². The number of rotatable bonds is 5. The van der Waals surface area contributed by atoms with Crippen molar-refractivity contribution in [1.82, 2.24) is 4.98 Å². The highest BCUT2D eigenvalue weighted by atomic mass is 35.5. The average Bonchev–Trinajstić information content (AvgIpc) is 3.01. The Morgan fingerprint density at radius 1 is 1.28 bits per heavy atom. The van der Waals surface area contributed by atoms with Crippen molar-refractivity contribution in [3.05, 3.63) is 41.2 Å². The highest BCUT2D eigenvalue weighted by Crippen LogP contribution is 2.32. The van der Waals surface area contributed by atoms with Crippen molar-refractivity contribution in [3.8, 4) is 11.5 Å². The molecule has 0 radical (unpaired) electrons. The quantitative estimate of drug-likeness (QED) is 0.804. The van der Waals surface area contributed by atoms with E-state index in [4.69, 9.17) is 21.1 Å². The van der Waals surface area contributed by atoms with Crippen molar-refractivity contribution in [2.75, 3.05) is 25.3 Å². The van der Waals surface area contributed by atoms with E-state index in [1.807, 2.05) is 0 Å². The summed E-state index contributed by atoms with van der Waals surface area (Å²) in [6.45, 7) is 0. The minimum atomic E-state index is -0.118. The zero-order valence-electron chi connectivity index (χ0n) is 13.7. The van der Waals surface area contributed by atoms with Crippen molar-refractivity contribution in [1.29, 1.82) is 0 Å². The van der Waals surface area contributed by atoms with Crippen LogP contribution in [-0.4, -0.2) is 35.9 Å². The topological polar surface area (TPSA) is 72.8 Å². The summed E-state index contributed by atoms with van der Waals surface area (Å²) >= 11 is 7.29. The number of carbonyl (C=O) groups excluding carboxylic acids is 1. The molecule has 0 atom stereocenters. The van der Waals surface area contributed by atoms with E-state index in [-0.39, 0.29) is 11.7 Å². The van der Waals surface area contributed by atoms with Gasteiger partial charge in [-0.2, -0.15) is 0 Å². The molecule has 0 aliphatic carbocycles. The molecule has 1 aliphatic heterocycles. The Labute approximate surface area is 154 Å². The highest BCUT2D eigenvalue weighted by Gasteiger charge is 2.17. The maximum absolute atomic E-state index is 12.2. The summed E-state index contributed by atoms with van der Waals surface area (Å²) in [5.74, 6) is 1.32. The van der Waals surface area contributed by atoms with Gasteiger partial charge in [0.15, 0.2) is 11.5 Å². The first kappa shape index (κ1) is 17.6. The second kappa shape index (κ2) is 7.76. The van der Waals surface area contributed by atoms with E-state index in [2.05, 4.69) is 15.3 Å². The van der Waals surface area contributed by atoms with Gasteiger partial charge < -0.3 is 14.8 Å². The molecule has 1 amide bonds. The number of fused-ring (bicyclic) bond motifs is 1. The van der Waals surface area contributed by atoms with E-state index in [9.17, 15) is 4.79 Å². The molecule has 3 rings (SSSR count). The van der Waals surface area contributed by atoms with Crippen molar-refractivity contribution in [2.24, 2.45) is 4.99 Å². The minimum absolute atomic E-state index is 0.118. The first-order valence-corrected chi connectivity index (χ1v) is 8.82. The molecule has 1 N–H and O–H groups in total. The van der Waals surface area contributed by atoms with Gasteiger partial charge in [0.25, 0.3) is 0 Å². The lowest BCUT2D eigenvalue weighted by Crippen LogP contribution is -2.15. The van der Waals surface area contributed by atoms with Crippen LogP contribution in [0.5, 0.6) is 11.5 Å². The summed E-state index contributed by atoms with van der Waals surface area (Å²) in [6.07, 6.45) is 2.32. The Bertz CT molecular complexity index is 842. The number of amides is 1. The molecule has 1 aliphatic rings. The molecule has 1 aromatic heterocycles. The van der Waals surface area contributed by atoms with Gasteiger partial charge in [-0.25, -0.2) is 9.98 Å². The molecule has 2 aromatic rings. The highest BCUT2D eigenvalue weighted by molar-refractivity contribution is 8.14. The third-order valence-corrected chi connectivity index (χ3v) is 4.74. The Hall–Kier alpha value is -2.25. The van der Waals surface area contributed by atoms with Gasteiger partial charge >= 0.3 is 0 Å². The Morgan fingerprint density at radius 2 is 2.08 bits per heavy atom. The molecular weight excluding hydrogens is 362 g/mol. The maximum Gasteiger partial charge on any atom is 0.234 e. The van der Waals surface area contributed by atoms with Crippen LogP contribution in [0.3, 0.4) is 0 Å². The third-order valence-electron chi connectivity index (χ3n) is 3.56. The summed E-state index contributed by atoms with van der Waals surface area (Å²) in [5.41, 5.74) is 2.49. The Kier molecular flexibility index (Phi) is 5.45. The first-order chi connectivity index (χ1) is 12.1. The number of nitrogens with zero attached hydrogens (tertiary/aromatic N) is 2. The standard InChI is InChI=1S/C17H16ClN3O3S/c1-23-13-4-3-11(7-14(13)24-2)20-16(22)9-25-17-6-10-5-15(18)19-8-12(10)21-17/h3-5,7-8H,6,9H2,1-2H3,(H,20,22). The predicted molar refractivity (Wildman–Crippen MR) is 101 cm³/mol. The molecule has 2 heterocycles. The number of hydrogen-bond donors (Lipinski definition) is 1. The van der Waals surface area contributed by atoms with Gasteiger partial charge in [-0.15, -0.1) is 11.8 Å². The van der Waals surface area contributed by atoms with Gasteiger partial charge in [0, 0.05) is 18.2 Å². The molecule has 0 spiro atoms. The molecule has 0 unspecified atom stereocenters. The summed E-state index contributed by atoms with van der Waals surface area (Å²) in [6, 6.07) is 7.03. The molecule has 0 fully saturated rings. The number of hydrogen-bond acceptors (Lipinski definition) is 6. The monoisotopic (exact) mass is 377 g/mol. The van der Waals surface area contributed by atoms with E-state index in [1.54, 1.807) is 44.7 Å². The second-order valence-corrected chi connectivity index (χ2v) is 6.66. The molecule has 25 heavy (non-hydrogen) atoms. The molecule has 6 nitrogen and oxygen atoms in total. The molecular formula is C17H16ClN3O3S. The fourth-order valence-electron chi connectivity index (χ4n) is 2.38. The van der Waals surface area contributed by atoms with Gasteiger partial charge in [-0.05, 0) is 23.8 Å². The number of aromatic nitrogens is 1. The third kappa shape index (κ3) is 4.24. The summed E-state index contributed by atoms with van der Waals surface area (Å²) in [5, 5.41) is 4.17. The van der Waals surface area contributed by atoms with Crippen molar-refractivity contribution in [3.63, 3.8) is 0 Å². The van der Waals surface area contributed by atoms with Crippen molar-refractivity contribution < 1.29 is 14.3 Å². The minimum Gasteiger partial charge on any atom is -0.493 e. The SMILES string of the molecule is COc1ccc(NC(=O)CSC2=Nc3cnc(Cl)cc3C2)cc1OC. The normalized spacial score (nSPS) is 12.4. The van der Waals surface area contributed by atoms with Crippen LogP contribution in [0.15, 0.2) is 35.5 Å². The Morgan fingerprint density at radius 3 is 2.84 bits per heavy atom. The van der Waals surface area contributed by atoms with Crippen LogP contribution in [0.1, 0.15) is 5.56 Å². The van der Waals surface area contributed by atoms with Gasteiger partial charge in [-0.3, -0.25) is 4.79 Å². The summed E-state index contributed by atoms with van der Waals surface area (Å²) < 4.78 is 10.4. The van der Waals surface area contributed by atoms with E-state index in [0.717, 1.165) is 16.3 Å². The number of benzene rings is 1. The average molecular weight is 378 g/mol. The van der Waals surface area contributed by atoms with Crippen LogP contribution in [0.25, 0.3) is 0 Å². The van der Waals surface area contributed by atoms with Crippen LogP contribution >= 0.6 is 23.4 Å². The van der Waals surface area contributed by atoms with Crippen LogP contribution in [0.4, 0.5) is 11.4 Å². The van der Waals surface area contributed by atoms with Crippen LogP contribution in [-0.2, 0) is 11.2 Å². The molecule has 8 heteroatoms. The first-order valence-electron chi connectivity index (χ1n) is 7.45. The van der Waals surface area contributed by atoms with Crippen molar-refractivity contribution >= 4 is 45.7 Å². The van der Waals surface area contributed by atoms with Crippen molar-refractivity contribution in [2.45, 2.75) is 6.42 Å². The number of nitrogens with one attached hydrogen (secondary N) is 1. The number of carbonyl (C=O) groups is 1. The fraction of sp³-hybridized carbons (Fsp3) is 0.235. The Balaban J connectivity index is 1.56. The zero-order valence-corrected chi connectivity index (χ0v) is 15.3. The summed E-state index contributed by atoms with van der Waals surface area (Å²) in [7, 11) is 3.12. The number of pyridine rings is 1. The number of thioether (sulfide) groups is 1. The van der Waals surface area contributed by atoms with E-state index in [1.165, 1.54) is 11.8 Å². The molecule has 0 bridgehead atoms. The fourth-order valence-corrected chi connectivity index (χ4v) is 3.35. The van der Waals surface area contributed by atoms with Crippen LogP contribution < -0.4 is 14.8 Å². The lowest BCUT2D eigenvalue weighted by atomic mass is 10.2. The predicted octanol–water partition coefficient (Wildman–Crippen LogP) is 3.71. The second-order valence-electron chi connectivity index (χ2n) is 5.22. The van der Waals surface area contributed by atoms with Gasteiger partial charge in [-0.1, -0.05) is 11.6 Å². The van der Waals surface area contributed by atoms with Crippen LogP contribution in [0.2, 0.25) is 5.15 Å². The largest absolute Gasteiger partial charge is 0.493 e. The smallest absolute Gasteiger partial charge is 0.234 e. The van der Waals surface area contributed by atoms with Gasteiger partial charge in [0.2, 0.25) is 5.91 Å². The van der Waals surface area contributed by atoms with Gasteiger partial charge in [0.05, 0.1) is 36.9 Å².